The highest BCUT2D eigenvalue weighted by atomic mass is 35.5. The predicted octanol–water partition coefficient (Wildman–Crippen LogP) is 4.02. The molecule has 0 saturated heterocycles. The van der Waals surface area contributed by atoms with Crippen LogP contribution in [0.1, 0.15) is 21.7 Å². The number of furan rings is 1. The van der Waals surface area contributed by atoms with Gasteiger partial charge in [0.15, 0.2) is 0 Å². The maximum absolute atomic E-state index is 11.0. The molecular weight excluding hydrogens is 326 g/mol. The summed E-state index contributed by atoms with van der Waals surface area (Å²) in [7, 11) is 0. The number of hydrogen-bond acceptors (Lipinski definition) is 4. The van der Waals surface area contributed by atoms with E-state index in [1.807, 2.05) is 31.2 Å². The molecule has 0 radical (unpaired) electrons. The third kappa shape index (κ3) is 3.55. The standard InChI is InChI=1S/C19H14ClNO3/c1-12-2-5-14(6-3-12)21-11-15-7-9-18(24-15)13-4-8-17(20)16(10-13)19(22)23/h2-11H,1H3,(H,22,23)/p-1. The normalized spacial score (nSPS) is 11.1. The summed E-state index contributed by atoms with van der Waals surface area (Å²) in [6.07, 6.45) is 1.61. The van der Waals surface area contributed by atoms with Crippen LogP contribution in [0.5, 0.6) is 0 Å². The summed E-state index contributed by atoms with van der Waals surface area (Å²) in [5, 5.41) is 11.2. The van der Waals surface area contributed by atoms with Gasteiger partial charge < -0.3 is 14.3 Å². The highest BCUT2D eigenvalue weighted by molar-refractivity contribution is 6.33. The molecule has 120 valence electrons. The number of aliphatic imine (C=N–C) groups is 1. The number of carbonyl (C=O) groups excluding carboxylic acids is 1. The summed E-state index contributed by atoms with van der Waals surface area (Å²) in [5.74, 6) is -0.232. The second kappa shape index (κ2) is 6.72. The van der Waals surface area contributed by atoms with E-state index in [1.165, 1.54) is 17.7 Å². The lowest BCUT2D eigenvalue weighted by molar-refractivity contribution is -0.255. The topological polar surface area (TPSA) is 65.6 Å². The highest BCUT2D eigenvalue weighted by Gasteiger charge is 2.08. The molecule has 1 heterocycles. The summed E-state index contributed by atoms with van der Waals surface area (Å²) in [6.45, 7) is 2.01. The Morgan fingerprint density at radius 1 is 1.12 bits per heavy atom. The molecule has 0 aliphatic rings. The minimum absolute atomic E-state index is 0.0690. The Kier molecular flexibility index (Phi) is 4.49. The highest BCUT2D eigenvalue weighted by Crippen LogP contribution is 2.26. The summed E-state index contributed by atoms with van der Waals surface area (Å²) in [4.78, 5) is 15.4. The third-order valence-electron chi connectivity index (χ3n) is 3.47. The van der Waals surface area contributed by atoms with E-state index in [0.29, 0.717) is 17.1 Å². The number of aryl methyl sites for hydroxylation is 1. The van der Waals surface area contributed by atoms with E-state index in [0.717, 1.165) is 5.69 Å². The molecule has 0 fully saturated rings. The van der Waals surface area contributed by atoms with Crippen LogP contribution in [0, 0.1) is 6.92 Å². The van der Waals surface area contributed by atoms with Crippen LogP contribution in [0.25, 0.3) is 11.3 Å². The van der Waals surface area contributed by atoms with Gasteiger partial charge in [-0.25, -0.2) is 0 Å². The minimum atomic E-state index is -1.32. The molecule has 0 unspecified atom stereocenters. The zero-order valence-corrected chi connectivity index (χ0v) is 13.6. The first kappa shape index (κ1) is 16.0. The molecule has 0 aliphatic heterocycles. The van der Waals surface area contributed by atoms with Gasteiger partial charge in [0.05, 0.1) is 17.9 Å². The van der Waals surface area contributed by atoms with Crippen LogP contribution < -0.4 is 5.11 Å². The number of hydrogen-bond donors (Lipinski definition) is 0. The van der Waals surface area contributed by atoms with Gasteiger partial charge in [-0.3, -0.25) is 4.99 Å². The molecule has 0 amide bonds. The number of halogens is 1. The summed E-state index contributed by atoms with van der Waals surface area (Å²) in [5.41, 5.74) is 2.53. The van der Waals surface area contributed by atoms with E-state index < -0.39 is 5.97 Å². The fraction of sp³-hybridized carbons (Fsp3) is 0.0526. The number of carbonyl (C=O) groups is 1. The zero-order valence-electron chi connectivity index (χ0n) is 12.8. The van der Waals surface area contributed by atoms with E-state index in [4.69, 9.17) is 16.0 Å². The van der Waals surface area contributed by atoms with Crippen molar-refractivity contribution >= 4 is 29.5 Å². The molecule has 0 N–H and O–H groups in total. The van der Waals surface area contributed by atoms with Crippen molar-refractivity contribution in [1.29, 1.82) is 0 Å². The van der Waals surface area contributed by atoms with Crippen LogP contribution in [-0.4, -0.2) is 12.2 Å². The van der Waals surface area contributed by atoms with Crippen molar-refractivity contribution in [2.75, 3.05) is 0 Å². The van der Waals surface area contributed by atoms with Crippen LogP contribution in [0.3, 0.4) is 0 Å². The van der Waals surface area contributed by atoms with Gasteiger partial charge >= 0.3 is 0 Å². The van der Waals surface area contributed by atoms with Gasteiger partial charge in [-0.15, -0.1) is 0 Å². The molecule has 1 aromatic heterocycles. The zero-order chi connectivity index (χ0) is 17.1. The van der Waals surface area contributed by atoms with E-state index in [9.17, 15) is 9.90 Å². The molecule has 5 heteroatoms. The van der Waals surface area contributed by atoms with Gasteiger partial charge in [0.2, 0.25) is 0 Å². The van der Waals surface area contributed by atoms with Crippen molar-refractivity contribution in [3.05, 3.63) is 76.5 Å². The maximum Gasteiger partial charge on any atom is 0.145 e. The van der Waals surface area contributed by atoms with Crippen LogP contribution >= 0.6 is 11.6 Å². The SMILES string of the molecule is Cc1ccc(N=Cc2ccc(-c3ccc(Cl)c(C(=O)[O-])c3)o2)cc1. The lowest BCUT2D eigenvalue weighted by Crippen LogP contribution is -2.22. The Bertz CT molecular complexity index is 911. The van der Waals surface area contributed by atoms with Crippen molar-refractivity contribution in [2.45, 2.75) is 6.92 Å². The molecule has 3 rings (SSSR count). The predicted molar refractivity (Wildman–Crippen MR) is 91.9 cm³/mol. The Labute approximate surface area is 144 Å². The molecule has 3 aromatic rings. The number of carboxylic acids is 1. The van der Waals surface area contributed by atoms with Crippen molar-refractivity contribution in [2.24, 2.45) is 4.99 Å². The monoisotopic (exact) mass is 338 g/mol. The number of nitrogens with zero attached hydrogens (tertiary/aromatic N) is 1. The average Bonchev–Trinajstić information content (AvgIpc) is 3.03. The average molecular weight is 339 g/mol. The molecule has 0 atom stereocenters. The summed E-state index contributed by atoms with van der Waals surface area (Å²) in [6, 6.07) is 15.9. The van der Waals surface area contributed by atoms with E-state index in [2.05, 4.69) is 4.99 Å². The molecule has 24 heavy (non-hydrogen) atoms. The van der Waals surface area contributed by atoms with Gasteiger partial charge in [0.1, 0.15) is 11.5 Å². The van der Waals surface area contributed by atoms with Crippen LogP contribution in [0.4, 0.5) is 5.69 Å². The van der Waals surface area contributed by atoms with Crippen LogP contribution in [0.15, 0.2) is 64.0 Å². The quantitative estimate of drug-likeness (QED) is 0.675. The molecule has 0 saturated carbocycles. The van der Waals surface area contributed by atoms with Crippen molar-refractivity contribution < 1.29 is 14.3 Å². The van der Waals surface area contributed by atoms with E-state index in [1.54, 1.807) is 24.4 Å². The first-order chi connectivity index (χ1) is 11.5. The second-order valence-electron chi connectivity index (χ2n) is 5.28. The van der Waals surface area contributed by atoms with Crippen molar-refractivity contribution in [3.8, 4) is 11.3 Å². The lowest BCUT2D eigenvalue weighted by Gasteiger charge is -2.06. The fourth-order valence-corrected chi connectivity index (χ4v) is 2.38. The summed E-state index contributed by atoms with van der Waals surface area (Å²) >= 11 is 5.84. The molecule has 4 nitrogen and oxygen atoms in total. The van der Waals surface area contributed by atoms with Crippen molar-refractivity contribution in [3.63, 3.8) is 0 Å². The van der Waals surface area contributed by atoms with Gasteiger partial charge in [-0.2, -0.15) is 0 Å². The molecular formula is C19H13ClNO3-. The number of carboxylic acid groups (broad SMARTS) is 1. The van der Waals surface area contributed by atoms with Crippen LogP contribution in [-0.2, 0) is 0 Å². The van der Waals surface area contributed by atoms with E-state index >= 15 is 0 Å². The largest absolute Gasteiger partial charge is 0.545 e. The lowest BCUT2D eigenvalue weighted by atomic mass is 10.1. The molecule has 2 aromatic carbocycles. The van der Waals surface area contributed by atoms with Gasteiger partial charge in [0, 0.05) is 16.1 Å². The van der Waals surface area contributed by atoms with Gasteiger partial charge in [-0.1, -0.05) is 29.3 Å². The second-order valence-corrected chi connectivity index (χ2v) is 5.69. The van der Waals surface area contributed by atoms with Gasteiger partial charge in [0.25, 0.3) is 0 Å². The smallest absolute Gasteiger partial charge is 0.145 e. The molecule has 0 bridgehead atoms. The molecule has 0 aliphatic carbocycles. The third-order valence-corrected chi connectivity index (χ3v) is 3.80. The number of rotatable bonds is 4. The number of benzene rings is 2. The fourth-order valence-electron chi connectivity index (χ4n) is 2.18. The summed E-state index contributed by atoms with van der Waals surface area (Å²) < 4.78 is 5.68. The first-order valence-corrected chi connectivity index (χ1v) is 7.62. The van der Waals surface area contributed by atoms with E-state index in [-0.39, 0.29) is 10.6 Å². The van der Waals surface area contributed by atoms with Gasteiger partial charge in [-0.05, 0) is 49.4 Å². The Morgan fingerprint density at radius 2 is 1.88 bits per heavy atom. The Morgan fingerprint density at radius 3 is 2.58 bits per heavy atom. The first-order valence-electron chi connectivity index (χ1n) is 7.25. The van der Waals surface area contributed by atoms with Crippen LogP contribution in [0.2, 0.25) is 5.02 Å². The molecule has 0 spiro atoms. The number of aromatic carboxylic acids is 1. The maximum atomic E-state index is 11.0. The Balaban J connectivity index is 1.84. The minimum Gasteiger partial charge on any atom is -0.545 e. The Hall–Kier alpha value is -2.85. The van der Waals surface area contributed by atoms with Crippen molar-refractivity contribution in [1.82, 2.24) is 0 Å².